The van der Waals surface area contributed by atoms with Crippen LogP contribution in [0.5, 0.6) is 0 Å². The maximum absolute atomic E-state index is 12.4. The SMILES string of the molecule is CCOC(=O)Cc1nnc(S[C@H](C)C(=O)Nc2cc(Cl)cc(Cl)c2)n1C. The van der Waals surface area contributed by atoms with Gasteiger partial charge in [-0.2, -0.15) is 0 Å². The monoisotopic (exact) mass is 416 g/mol. The molecule has 2 rings (SSSR count). The molecule has 1 atom stereocenters. The topological polar surface area (TPSA) is 86.1 Å². The number of rotatable bonds is 7. The highest BCUT2D eigenvalue weighted by molar-refractivity contribution is 8.00. The summed E-state index contributed by atoms with van der Waals surface area (Å²) in [6.45, 7) is 3.79. The number of carbonyl (C=O) groups is 2. The third-order valence-corrected chi connectivity index (χ3v) is 4.88. The number of amides is 1. The van der Waals surface area contributed by atoms with Crippen molar-refractivity contribution in [1.29, 1.82) is 0 Å². The zero-order valence-electron chi connectivity index (χ0n) is 14.5. The highest BCUT2D eigenvalue weighted by Crippen LogP contribution is 2.25. The average Bonchev–Trinajstić information content (AvgIpc) is 2.87. The maximum atomic E-state index is 12.4. The average molecular weight is 417 g/mol. The minimum absolute atomic E-state index is 0.0273. The van der Waals surface area contributed by atoms with E-state index in [4.69, 9.17) is 27.9 Å². The Labute approximate surface area is 165 Å². The zero-order valence-corrected chi connectivity index (χ0v) is 16.8. The molecule has 1 amide bonds. The van der Waals surface area contributed by atoms with Crippen LogP contribution in [-0.4, -0.2) is 38.5 Å². The van der Waals surface area contributed by atoms with E-state index in [0.29, 0.717) is 33.3 Å². The molecule has 0 spiro atoms. The Balaban J connectivity index is 2.00. The highest BCUT2D eigenvalue weighted by Gasteiger charge is 2.20. The number of nitrogens with one attached hydrogen (secondary N) is 1. The number of carbonyl (C=O) groups excluding carboxylic acids is 2. The van der Waals surface area contributed by atoms with Crippen LogP contribution < -0.4 is 5.32 Å². The quantitative estimate of drug-likeness (QED) is 0.549. The molecule has 0 aliphatic heterocycles. The second-order valence-electron chi connectivity index (χ2n) is 5.35. The Morgan fingerprint density at radius 3 is 2.54 bits per heavy atom. The van der Waals surface area contributed by atoms with E-state index in [9.17, 15) is 9.59 Å². The van der Waals surface area contributed by atoms with Crippen molar-refractivity contribution in [3.8, 4) is 0 Å². The van der Waals surface area contributed by atoms with Crippen LogP contribution in [0.1, 0.15) is 19.7 Å². The number of benzene rings is 1. The summed E-state index contributed by atoms with van der Waals surface area (Å²) in [7, 11) is 1.73. The van der Waals surface area contributed by atoms with Gasteiger partial charge in [-0.3, -0.25) is 9.59 Å². The normalized spacial score (nSPS) is 11.9. The lowest BCUT2D eigenvalue weighted by Gasteiger charge is -2.12. The zero-order chi connectivity index (χ0) is 19.3. The molecular formula is C16H18Cl2N4O3S. The van der Waals surface area contributed by atoms with Crippen molar-refractivity contribution < 1.29 is 14.3 Å². The van der Waals surface area contributed by atoms with Crippen LogP contribution in [-0.2, 0) is 27.8 Å². The van der Waals surface area contributed by atoms with Crippen LogP contribution in [0.25, 0.3) is 0 Å². The first kappa shape index (κ1) is 20.5. The molecule has 140 valence electrons. The smallest absolute Gasteiger partial charge is 0.313 e. The summed E-state index contributed by atoms with van der Waals surface area (Å²) in [4.78, 5) is 23.9. The summed E-state index contributed by atoms with van der Waals surface area (Å²) in [6, 6.07) is 4.81. The van der Waals surface area contributed by atoms with Crippen LogP contribution in [0.4, 0.5) is 5.69 Å². The van der Waals surface area contributed by atoms with Gasteiger partial charge < -0.3 is 14.6 Å². The van der Waals surface area contributed by atoms with Gasteiger partial charge in [0.25, 0.3) is 0 Å². The second kappa shape index (κ2) is 9.25. The molecule has 26 heavy (non-hydrogen) atoms. The van der Waals surface area contributed by atoms with E-state index in [0.717, 1.165) is 0 Å². The van der Waals surface area contributed by atoms with Gasteiger partial charge in [-0.25, -0.2) is 0 Å². The Bertz CT molecular complexity index is 793. The van der Waals surface area contributed by atoms with Crippen LogP contribution in [0.15, 0.2) is 23.4 Å². The largest absolute Gasteiger partial charge is 0.466 e. The fraction of sp³-hybridized carbons (Fsp3) is 0.375. The van der Waals surface area contributed by atoms with E-state index in [1.807, 2.05) is 0 Å². The Morgan fingerprint density at radius 1 is 1.27 bits per heavy atom. The summed E-state index contributed by atoms with van der Waals surface area (Å²) in [5.74, 6) is -0.133. The fourth-order valence-corrected chi connectivity index (χ4v) is 3.38. The Morgan fingerprint density at radius 2 is 1.92 bits per heavy atom. The van der Waals surface area contributed by atoms with Gasteiger partial charge in [-0.05, 0) is 32.0 Å². The van der Waals surface area contributed by atoms with Crippen molar-refractivity contribution in [1.82, 2.24) is 14.8 Å². The van der Waals surface area contributed by atoms with E-state index < -0.39 is 5.25 Å². The van der Waals surface area contributed by atoms with Crippen LogP contribution in [0.3, 0.4) is 0 Å². The molecule has 0 unspecified atom stereocenters. The van der Waals surface area contributed by atoms with Crippen molar-refractivity contribution in [2.45, 2.75) is 30.7 Å². The van der Waals surface area contributed by atoms with Gasteiger partial charge >= 0.3 is 5.97 Å². The van der Waals surface area contributed by atoms with Crippen LogP contribution >= 0.6 is 35.0 Å². The first-order valence-corrected chi connectivity index (χ1v) is 9.41. The number of hydrogen-bond acceptors (Lipinski definition) is 6. The molecule has 1 aromatic heterocycles. The maximum Gasteiger partial charge on any atom is 0.313 e. The number of anilines is 1. The molecule has 2 aromatic rings. The summed E-state index contributed by atoms with van der Waals surface area (Å²) in [6.07, 6.45) is 0.0273. The van der Waals surface area contributed by atoms with Crippen molar-refractivity contribution in [3.63, 3.8) is 0 Å². The molecule has 0 saturated carbocycles. The molecule has 0 aliphatic rings. The summed E-state index contributed by atoms with van der Waals surface area (Å²) >= 11 is 13.1. The highest BCUT2D eigenvalue weighted by atomic mass is 35.5. The molecule has 0 fully saturated rings. The van der Waals surface area contributed by atoms with Gasteiger partial charge in [0, 0.05) is 22.8 Å². The molecule has 0 radical (unpaired) electrons. The molecular weight excluding hydrogens is 399 g/mol. The lowest BCUT2D eigenvalue weighted by atomic mass is 10.3. The molecule has 10 heteroatoms. The molecule has 1 heterocycles. The van der Waals surface area contributed by atoms with Crippen molar-refractivity contribution in [2.75, 3.05) is 11.9 Å². The number of ether oxygens (including phenoxy) is 1. The van der Waals surface area contributed by atoms with Gasteiger partial charge in [0.15, 0.2) is 5.16 Å². The van der Waals surface area contributed by atoms with Crippen LogP contribution in [0, 0.1) is 0 Å². The first-order valence-electron chi connectivity index (χ1n) is 7.77. The number of nitrogens with zero attached hydrogens (tertiary/aromatic N) is 3. The van der Waals surface area contributed by atoms with E-state index in [1.54, 1.807) is 43.7 Å². The number of thioether (sulfide) groups is 1. The molecule has 0 bridgehead atoms. The molecule has 0 saturated heterocycles. The summed E-state index contributed by atoms with van der Waals surface area (Å²) in [5.41, 5.74) is 0.515. The number of aromatic nitrogens is 3. The van der Waals surface area contributed by atoms with Crippen molar-refractivity contribution in [2.24, 2.45) is 7.05 Å². The third-order valence-electron chi connectivity index (χ3n) is 3.31. The van der Waals surface area contributed by atoms with Gasteiger partial charge in [0.05, 0.1) is 11.9 Å². The summed E-state index contributed by atoms with van der Waals surface area (Å²) < 4.78 is 6.57. The summed E-state index contributed by atoms with van der Waals surface area (Å²) in [5, 5.41) is 11.7. The molecule has 1 aromatic carbocycles. The van der Waals surface area contributed by atoms with Gasteiger partial charge in [0.2, 0.25) is 5.91 Å². The number of esters is 1. The first-order chi connectivity index (χ1) is 12.3. The number of halogens is 2. The third kappa shape index (κ3) is 5.62. The molecule has 7 nitrogen and oxygen atoms in total. The number of hydrogen-bond donors (Lipinski definition) is 1. The van der Waals surface area contributed by atoms with Crippen LogP contribution in [0.2, 0.25) is 10.0 Å². The Kier molecular flexibility index (Phi) is 7.31. The van der Waals surface area contributed by atoms with Gasteiger partial charge in [0.1, 0.15) is 12.2 Å². The van der Waals surface area contributed by atoms with E-state index in [1.165, 1.54) is 11.8 Å². The van der Waals surface area contributed by atoms with E-state index >= 15 is 0 Å². The lowest BCUT2D eigenvalue weighted by Crippen LogP contribution is -2.23. The minimum Gasteiger partial charge on any atom is -0.466 e. The van der Waals surface area contributed by atoms with Crippen molar-refractivity contribution >= 4 is 52.5 Å². The standard InChI is InChI=1S/C16H18Cl2N4O3S/c1-4-25-14(23)8-13-20-21-16(22(13)3)26-9(2)15(24)19-12-6-10(17)5-11(18)7-12/h5-7,9H,4,8H2,1-3H3,(H,19,24)/t9-/m1/s1. The fourth-order valence-electron chi connectivity index (χ4n) is 2.02. The predicted molar refractivity (Wildman–Crippen MR) is 102 cm³/mol. The molecule has 0 aliphatic carbocycles. The minimum atomic E-state index is -0.453. The van der Waals surface area contributed by atoms with E-state index in [2.05, 4.69) is 15.5 Å². The van der Waals surface area contributed by atoms with E-state index in [-0.39, 0.29) is 18.3 Å². The van der Waals surface area contributed by atoms with Crippen molar-refractivity contribution in [3.05, 3.63) is 34.1 Å². The Hall–Kier alpha value is -1.77. The lowest BCUT2D eigenvalue weighted by molar-refractivity contribution is -0.142. The predicted octanol–water partition coefficient (Wildman–Crippen LogP) is 3.35. The van der Waals surface area contributed by atoms with Gasteiger partial charge in [-0.15, -0.1) is 10.2 Å². The van der Waals surface area contributed by atoms with Gasteiger partial charge in [-0.1, -0.05) is 35.0 Å². The molecule has 1 N–H and O–H groups in total. The second-order valence-corrected chi connectivity index (χ2v) is 7.53.